The molecule has 0 amide bonds. The Balaban J connectivity index is 1.61. The summed E-state index contributed by atoms with van der Waals surface area (Å²) in [4.78, 5) is 2.36. The fraction of sp³-hybridized carbons (Fsp3) is 0.588. The number of nitrogen functional groups attached to an aromatic ring is 1. The van der Waals surface area contributed by atoms with Crippen LogP contribution in [-0.4, -0.2) is 23.8 Å². The summed E-state index contributed by atoms with van der Waals surface area (Å²) in [6, 6.07) is 4.88. The van der Waals surface area contributed by atoms with Gasteiger partial charge in [-0.05, 0) is 50.3 Å². The van der Waals surface area contributed by atoms with E-state index in [4.69, 9.17) is 11.1 Å². The van der Waals surface area contributed by atoms with Gasteiger partial charge in [0.05, 0.1) is 0 Å². The molecule has 1 heterocycles. The monoisotopic (exact) mass is 289 g/mol. The molecule has 0 radical (unpaired) electrons. The Hall–Kier alpha value is -1.42. The number of piperidine rings is 1. The van der Waals surface area contributed by atoms with E-state index in [-0.39, 0.29) is 11.7 Å². The van der Waals surface area contributed by atoms with E-state index in [1.807, 2.05) is 0 Å². The lowest BCUT2D eigenvalue weighted by molar-refractivity contribution is 0.103. The zero-order valence-corrected chi connectivity index (χ0v) is 12.5. The van der Waals surface area contributed by atoms with Crippen LogP contribution >= 0.6 is 0 Å². The number of hydrogen-bond acceptors (Lipinski definition) is 2. The molecule has 1 aromatic carbocycles. The van der Waals surface area contributed by atoms with Crippen LogP contribution in [0.3, 0.4) is 0 Å². The van der Waals surface area contributed by atoms with Crippen LogP contribution in [0, 0.1) is 16.6 Å². The van der Waals surface area contributed by atoms with E-state index in [1.54, 1.807) is 12.1 Å². The van der Waals surface area contributed by atoms with Gasteiger partial charge in [-0.1, -0.05) is 25.0 Å². The van der Waals surface area contributed by atoms with Crippen LogP contribution in [0.2, 0.25) is 0 Å². The number of rotatable bonds is 3. The maximum atomic E-state index is 14.1. The molecule has 0 atom stereocenters. The minimum absolute atomic E-state index is 0.0819. The highest BCUT2D eigenvalue weighted by Crippen LogP contribution is 2.46. The summed E-state index contributed by atoms with van der Waals surface area (Å²) in [5, 5.41) is 7.35. The topological polar surface area (TPSA) is 53.1 Å². The lowest BCUT2D eigenvalue weighted by Crippen LogP contribution is -2.38. The Bertz CT molecular complexity index is 525. The summed E-state index contributed by atoms with van der Waals surface area (Å²) in [5.41, 5.74) is 7.16. The molecule has 1 aromatic rings. The molecule has 21 heavy (non-hydrogen) atoms. The fourth-order valence-corrected chi connectivity index (χ4v) is 3.89. The van der Waals surface area contributed by atoms with Gasteiger partial charge in [0.2, 0.25) is 0 Å². The maximum absolute atomic E-state index is 14.1. The number of nitrogens with zero attached hydrogens (tertiary/aromatic N) is 1. The second kappa shape index (κ2) is 5.76. The minimum Gasteiger partial charge on any atom is -0.384 e. The van der Waals surface area contributed by atoms with Gasteiger partial charge >= 0.3 is 0 Å². The van der Waals surface area contributed by atoms with Crippen LogP contribution in [0.5, 0.6) is 0 Å². The molecular formula is C17H24FN3. The molecule has 2 aliphatic rings. The Labute approximate surface area is 125 Å². The van der Waals surface area contributed by atoms with Crippen LogP contribution in [0.25, 0.3) is 0 Å². The van der Waals surface area contributed by atoms with Crippen molar-refractivity contribution in [3.8, 4) is 0 Å². The van der Waals surface area contributed by atoms with Crippen molar-refractivity contribution in [1.82, 2.24) is 4.90 Å². The second-order valence-electron chi connectivity index (χ2n) is 6.70. The largest absolute Gasteiger partial charge is 0.384 e. The third-order valence-electron chi connectivity index (χ3n) is 5.34. The molecule has 3 rings (SSSR count). The van der Waals surface area contributed by atoms with Gasteiger partial charge < -0.3 is 5.73 Å². The number of nitrogens with one attached hydrogen (secondary N) is 1. The minimum atomic E-state index is -0.246. The van der Waals surface area contributed by atoms with Crippen molar-refractivity contribution in [3.05, 3.63) is 35.1 Å². The van der Waals surface area contributed by atoms with Crippen LogP contribution in [0.4, 0.5) is 4.39 Å². The van der Waals surface area contributed by atoms with Gasteiger partial charge in [0.1, 0.15) is 11.7 Å². The molecule has 1 aliphatic carbocycles. The van der Waals surface area contributed by atoms with Crippen LogP contribution in [-0.2, 0) is 6.54 Å². The second-order valence-corrected chi connectivity index (χ2v) is 6.70. The molecule has 0 bridgehead atoms. The van der Waals surface area contributed by atoms with Crippen molar-refractivity contribution in [2.45, 2.75) is 45.1 Å². The third kappa shape index (κ3) is 3.10. The Morgan fingerprint density at radius 1 is 1.19 bits per heavy atom. The van der Waals surface area contributed by atoms with Gasteiger partial charge in [0.15, 0.2) is 0 Å². The lowest BCUT2D eigenvalue weighted by Gasteiger charge is -2.39. The van der Waals surface area contributed by atoms with Crippen molar-refractivity contribution in [1.29, 1.82) is 5.41 Å². The van der Waals surface area contributed by atoms with Gasteiger partial charge in [0.25, 0.3) is 0 Å². The third-order valence-corrected chi connectivity index (χ3v) is 5.34. The smallest absolute Gasteiger partial charge is 0.128 e. The van der Waals surface area contributed by atoms with E-state index >= 15 is 0 Å². The van der Waals surface area contributed by atoms with Gasteiger partial charge in [-0.3, -0.25) is 10.3 Å². The predicted octanol–water partition coefficient (Wildman–Crippen LogP) is 3.27. The lowest BCUT2D eigenvalue weighted by atomic mass is 9.77. The van der Waals surface area contributed by atoms with Crippen LogP contribution in [0.15, 0.2) is 18.2 Å². The average Bonchev–Trinajstić information content (AvgIpc) is 2.92. The quantitative estimate of drug-likeness (QED) is 0.663. The van der Waals surface area contributed by atoms with Gasteiger partial charge in [-0.2, -0.15) is 0 Å². The maximum Gasteiger partial charge on any atom is 0.128 e. The van der Waals surface area contributed by atoms with Crippen molar-refractivity contribution < 1.29 is 4.39 Å². The van der Waals surface area contributed by atoms with E-state index in [0.29, 0.717) is 23.1 Å². The van der Waals surface area contributed by atoms with E-state index in [2.05, 4.69) is 4.90 Å². The molecule has 2 fully saturated rings. The summed E-state index contributed by atoms with van der Waals surface area (Å²) in [5.74, 6) is -0.328. The molecule has 1 aliphatic heterocycles. The molecule has 114 valence electrons. The van der Waals surface area contributed by atoms with Crippen molar-refractivity contribution >= 4 is 5.84 Å². The normalized spacial score (nSPS) is 21.8. The number of hydrogen-bond donors (Lipinski definition) is 2. The van der Waals surface area contributed by atoms with Gasteiger partial charge in [0, 0.05) is 17.7 Å². The van der Waals surface area contributed by atoms with Crippen molar-refractivity contribution in [3.63, 3.8) is 0 Å². The van der Waals surface area contributed by atoms with E-state index in [0.717, 1.165) is 13.1 Å². The first kappa shape index (κ1) is 14.5. The fourth-order valence-electron chi connectivity index (χ4n) is 3.89. The van der Waals surface area contributed by atoms with Crippen LogP contribution in [0.1, 0.15) is 49.7 Å². The molecule has 0 unspecified atom stereocenters. The van der Waals surface area contributed by atoms with Crippen molar-refractivity contribution in [2.24, 2.45) is 11.1 Å². The molecule has 4 heteroatoms. The predicted molar refractivity (Wildman–Crippen MR) is 82.8 cm³/mol. The highest BCUT2D eigenvalue weighted by atomic mass is 19.1. The molecule has 1 spiro atoms. The van der Waals surface area contributed by atoms with E-state index < -0.39 is 0 Å². The van der Waals surface area contributed by atoms with E-state index in [1.165, 1.54) is 44.6 Å². The number of nitrogens with two attached hydrogens (primary N) is 1. The summed E-state index contributed by atoms with van der Waals surface area (Å²) in [6.07, 6.45) is 8.09. The zero-order chi connectivity index (χ0) is 14.9. The van der Waals surface area contributed by atoms with Gasteiger partial charge in [-0.25, -0.2) is 4.39 Å². The Morgan fingerprint density at radius 2 is 1.86 bits per heavy atom. The van der Waals surface area contributed by atoms with Crippen LogP contribution < -0.4 is 5.73 Å². The Morgan fingerprint density at radius 3 is 2.43 bits per heavy atom. The number of amidine groups is 1. The van der Waals surface area contributed by atoms with Crippen molar-refractivity contribution in [2.75, 3.05) is 13.1 Å². The number of likely N-dealkylation sites (tertiary alicyclic amines) is 1. The Kier molecular flexibility index (Phi) is 3.98. The first-order valence-corrected chi connectivity index (χ1v) is 7.93. The molecular weight excluding hydrogens is 265 g/mol. The first-order valence-electron chi connectivity index (χ1n) is 7.93. The summed E-state index contributed by atoms with van der Waals surface area (Å²) in [7, 11) is 0. The number of benzene rings is 1. The number of halogens is 1. The molecule has 1 saturated carbocycles. The molecule has 3 nitrogen and oxygen atoms in total. The highest BCUT2D eigenvalue weighted by molar-refractivity contribution is 5.94. The molecule has 3 N–H and O–H groups in total. The molecule has 1 saturated heterocycles. The zero-order valence-electron chi connectivity index (χ0n) is 12.5. The SMILES string of the molecule is N=C(N)c1ccc(CN2CCC3(CCCC3)CC2)c(F)c1. The summed E-state index contributed by atoms with van der Waals surface area (Å²) < 4.78 is 14.1. The molecule has 0 aromatic heterocycles. The standard InChI is InChI=1S/C17H24FN3/c18-15-11-13(16(19)20)3-4-14(15)12-21-9-7-17(8-10-21)5-1-2-6-17/h3-4,11H,1-2,5-10,12H2,(H3,19,20). The summed E-state index contributed by atoms with van der Waals surface area (Å²) >= 11 is 0. The first-order chi connectivity index (χ1) is 10.1. The summed E-state index contributed by atoms with van der Waals surface area (Å²) in [6.45, 7) is 2.82. The average molecular weight is 289 g/mol. The van der Waals surface area contributed by atoms with E-state index in [9.17, 15) is 4.39 Å². The van der Waals surface area contributed by atoms with Gasteiger partial charge in [-0.15, -0.1) is 0 Å². The highest BCUT2D eigenvalue weighted by Gasteiger charge is 2.36.